The number of carboxylic acid groups (broad SMARTS) is 3. The molecule has 0 unspecified atom stereocenters. The van der Waals surface area contributed by atoms with E-state index in [-0.39, 0.29) is 25.4 Å². The van der Waals surface area contributed by atoms with Crippen LogP contribution in [-0.4, -0.2) is 115 Å². The van der Waals surface area contributed by atoms with Crippen LogP contribution in [0.1, 0.15) is 12.8 Å². The van der Waals surface area contributed by atoms with Gasteiger partial charge in [-0.15, -0.1) is 0 Å². The predicted octanol–water partition coefficient (Wildman–Crippen LogP) is -4.56. The molecule has 2 aliphatic heterocycles. The summed E-state index contributed by atoms with van der Waals surface area (Å²) in [5.41, 5.74) is 9.21. The first-order valence-corrected chi connectivity index (χ1v) is 8.42. The van der Waals surface area contributed by atoms with Gasteiger partial charge in [-0.1, -0.05) is 0 Å². The van der Waals surface area contributed by atoms with Gasteiger partial charge in [0.05, 0.1) is 6.54 Å². The van der Waals surface area contributed by atoms with Crippen molar-refractivity contribution in [3.63, 3.8) is 0 Å². The molecule has 29 heavy (non-hydrogen) atoms. The van der Waals surface area contributed by atoms with Crippen LogP contribution in [0.4, 0.5) is 0 Å². The van der Waals surface area contributed by atoms with Crippen molar-refractivity contribution < 1.29 is 49.5 Å². The van der Waals surface area contributed by atoms with E-state index in [1.807, 2.05) is 0 Å². The Labute approximate surface area is 164 Å². The molecule has 0 saturated carbocycles. The fraction of sp³-hybridized carbons (Fsp3) is 0.667. The highest BCUT2D eigenvalue weighted by Gasteiger charge is 2.51. The standard InChI is InChI=1S/C8H12N2O6.C7H12N2O4/c9-8(7(15)16)1-4(6(13)14)10(3-8)5(12)2-11;8-4-1-5(7(12)13)9(2-4)6(11)3-10/h4,11H,1-3,9H2,(H,13,14)(H,15,16);4-5,10H,1-3,8H2,(H,12,13)/t4-,8-;4-,5-/m01/s1. The number of carboxylic acids is 3. The molecule has 0 bridgehead atoms. The summed E-state index contributed by atoms with van der Waals surface area (Å²) in [7, 11) is 0. The molecule has 14 heteroatoms. The molecule has 9 N–H and O–H groups in total. The largest absolute Gasteiger partial charge is 0.480 e. The summed E-state index contributed by atoms with van der Waals surface area (Å²) in [6, 6.07) is -2.49. The van der Waals surface area contributed by atoms with Gasteiger partial charge in [0, 0.05) is 19.0 Å². The minimum Gasteiger partial charge on any atom is -0.480 e. The number of rotatable bonds is 5. The van der Waals surface area contributed by atoms with Crippen LogP contribution in [0.25, 0.3) is 0 Å². The van der Waals surface area contributed by atoms with Crippen LogP contribution >= 0.6 is 0 Å². The highest BCUT2D eigenvalue weighted by molar-refractivity contribution is 5.89. The summed E-state index contributed by atoms with van der Waals surface area (Å²) in [4.78, 5) is 56.4. The zero-order valence-electron chi connectivity index (χ0n) is 15.3. The lowest BCUT2D eigenvalue weighted by molar-refractivity contribution is -0.149. The monoisotopic (exact) mass is 420 g/mol. The summed E-state index contributed by atoms with van der Waals surface area (Å²) >= 11 is 0. The van der Waals surface area contributed by atoms with Crippen molar-refractivity contribution in [2.24, 2.45) is 11.5 Å². The molecular formula is C15H24N4O10. The van der Waals surface area contributed by atoms with Crippen LogP contribution in [0.15, 0.2) is 0 Å². The van der Waals surface area contributed by atoms with Crippen LogP contribution in [0, 0.1) is 0 Å². The van der Waals surface area contributed by atoms with Crippen LogP contribution < -0.4 is 11.5 Å². The van der Waals surface area contributed by atoms with Crippen molar-refractivity contribution in [1.29, 1.82) is 0 Å². The molecule has 164 valence electrons. The van der Waals surface area contributed by atoms with Gasteiger partial charge in [0.2, 0.25) is 11.8 Å². The van der Waals surface area contributed by atoms with Crippen molar-refractivity contribution in [2.45, 2.75) is 36.5 Å². The fourth-order valence-corrected chi connectivity index (χ4v) is 3.13. The smallest absolute Gasteiger partial charge is 0.326 e. The third kappa shape index (κ3) is 5.60. The lowest BCUT2D eigenvalue weighted by Gasteiger charge is -2.20. The van der Waals surface area contributed by atoms with Crippen LogP contribution in [0.2, 0.25) is 0 Å². The van der Waals surface area contributed by atoms with Crippen molar-refractivity contribution in [1.82, 2.24) is 9.80 Å². The third-order valence-corrected chi connectivity index (χ3v) is 4.63. The normalized spacial score (nSPS) is 28.5. The Hall–Kier alpha value is -2.81. The Morgan fingerprint density at radius 3 is 1.79 bits per heavy atom. The number of aliphatic hydroxyl groups is 2. The quantitative estimate of drug-likeness (QED) is 0.222. The fourth-order valence-electron chi connectivity index (χ4n) is 3.13. The van der Waals surface area contributed by atoms with E-state index in [1.165, 1.54) is 0 Å². The summed E-state index contributed by atoms with van der Waals surface area (Å²) in [6.45, 7) is -1.76. The summed E-state index contributed by atoms with van der Waals surface area (Å²) in [6.07, 6.45) is -0.121. The average molecular weight is 420 g/mol. The maximum absolute atomic E-state index is 11.2. The van der Waals surface area contributed by atoms with E-state index in [1.54, 1.807) is 0 Å². The van der Waals surface area contributed by atoms with E-state index in [2.05, 4.69) is 0 Å². The van der Waals surface area contributed by atoms with Gasteiger partial charge in [-0.05, 0) is 6.42 Å². The molecular weight excluding hydrogens is 396 g/mol. The van der Waals surface area contributed by atoms with Gasteiger partial charge in [-0.3, -0.25) is 14.4 Å². The number of carbonyl (C=O) groups excluding carboxylic acids is 2. The van der Waals surface area contributed by atoms with E-state index in [4.69, 9.17) is 37.0 Å². The molecule has 2 aliphatic rings. The second-order valence-corrected chi connectivity index (χ2v) is 6.75. The predicted molar refractivity (Wildman–Crippen MR) is 92.2 cm³/mol. The number of carbonyl (C=O) groups is 5. The SMILES string of the molecule is N[C@@H]1C[C@H](C(=O)O)N(C(=O)CO)C1.N[C@@]1(C(=O)O)C[C@@H](C(=O)O)N(C(=O)CO)C1. The number of hydrogen-bond donors (Lipinski definition) is 7. The van der Waals surface area contributed by atoms with E-state index >= 15 is 0 Å². The van der Waals surface area contributed by atoms with Gasteiger partial charge < -0.3 is 46.8 Å². The first kappa shape index (κ1) is 24.2. The summed E-state index contributed by atoms with van der Waals surface area (Å²) < 4.78 is 0. The highest BCUT2D eigenvalue weighted by Crippen LogP contribution is 2.25. The van der Waals surface area contributed by atoms with Gasteiger partial charge in [-0.25, -0.2) is 9.59 Å². The van der Waals surface area contributed by atoms with Gasteiger partial charge >= 0.3 is 17.9 Å². The molecule has 4 atom stereocenters. The van der Waals surface area contributed by atoms with E-state index in [9.17, 15) is 24.0 Å². The van der Waals surface area contributed by atoms with E-state index in [0.717, 1.165) is 9.80 Å². The number of nitrogens with zero attached hydrogens (tertiary/aromatic N) is 2. The van der Waals surface area contributed by atoms with E-state index in [0.29, 0.717) is 0 Å². The number of aliphatic hydroxyl groups excluding tert-OH is 2. The number of nitrogens with two attached hydrogens (primary N) is 2. The van der Waals surface area contributed by atoms with Gasteiger partial charge in [0.1, 0.15) is 30.8 Å². The Morgan fingerprint density at radius 1 is 0.897 bits per heavy atom. The number of aliphatic carboxylic acids is 3. The summed E-state index contributed by atoms with van der Waals surface area (Å²) in [5.74, 6) is -5.21. The number of hydrogen-bond acceptors (Lipinski definition) is 9. The molecule has 2 rings (SSSR count). The van der Waals surface area contributed by atoms with Crippen molar-refractivity contribution in [2.75, 3.05) is 26.3 Å². The maximum Gasteiger partial charge on any atom is 0.326 e. The molecule has 2 fully saturated rings. The molecule has 0 spiro atoms. The Morgan fingerprint density at radius 2 is 1.38 bits per heavy atom. The first-order valence-electron chi connectivity index (χ1n) is 8.42. The van der Waals surface area contributed by atoms with Crippen LogP contribution in [0.3, 0.4) is 0 Å². The Balaban J connectivity index is 0.000000296. The molecule has 2 saturated heterocycles. The lowest BCUT2D eigenvalue weighted by Crippen LogP contribution is -2.50. The average Bonchev–Trinajstić information content (AvgIpc) is 3.22. The van der Waals surface area contributed by atoms with Gasteiger partial charge in [-0.2, -0.15) is 0 Å². The molecule has 0 aromatic rings. The van der Waals surface area contributed by atoms with Crippen molar-refractivity contribution in [3.05, 3.63) is 0 Å². The molecule has 14 nitrogen and oxygen atoms in total. The zero-order valence-corrected chi connectivity index (χ0v) is 15.3. The second-order valence-electron chi connectivity index (χ2n) is 6.75. The topological polar surface area (TPSA) is 245 Å². The second kappa shape index (κ2) is 9.60. The minimum absolute atomic E-state index is 0.205. The molecule has 0 aromatic heterocycles. The number of amides is 2. The molecule has 0 aromatic carbocycles. The molecule has 2 amide bonds. The van der Waals surface area contributed by atoms with Crippen LogP contribution in [-0.2, 0) is 24.0 Å². The van der Waals surface area contributed by atoms with Gasteiger partial charge in [0.25, 0.3) is 0 Å². The Bertz CT molecular complexity index is 686. The van der Waals surface area contributed by atoms with E-state index < -0.39 is 67.1 Å². The molecule has 0 radical (unpaired) electrons. The number of likely N-dealkylation sites (tertiary alicyclic amines) is 2. The van der Waals surface area contributed by atoms with Crippen molar-refractivity contribution in [3.8, 4) is 0 Å². The lowest BCUT2D eigenvalue weighted by atomic mass is 9.98. The first-order chi connectivity index (χ1) is 13.4. The van der Waals surface area contributed by atoms with Crippen LogP contribution in [0.5, 0.6) is 0 Å². The maximum atomic E-state index is 11.2. The molecule has 0 aliphatic carbocycles. The minimum atomic E-state index is -1.77. The zero-order chi connectivity index (χ0) is 22.5. The third-order valence-electron chi connectivity index (χ3n) is 4.63. The Kier molecular flexibility index (Phi) is 8.02. The molecule has 2 heterocycles. The van der Waals surface area contributed by atoms with Gasteiger partial charge in [0.15, 0.2) is 0 Å². The highest BCUT2D eigenvalue weighted by atomic mass is 16.4. The summed E-state index contributed by atoms with van der Waals surface area (Å²) in [5, 5.41) is 43.5. The van der Waals surface area contributed by atoms with Crippen molar-refractivity contribution >= 4 is 29.7 Å².